The molecule has 0 saturated carbocycles. The van der Waals surface area contributed by atoms with Gasteiger partial charge in [-0.25, -0.2) is 0 Å². The van der Waals surface area contributed by atoms with Crippen LogP contribution in [-0.2, 0) is 0 Å². The van der Waals surface area contributed by atoms with Crippen molar-refractivity contribution in [2.45, 2.75) is 58.3 Å². The third-order valence-electron chi connectivity index (χ3n) is 2.89. The summed E-state index contributed by atoms with van der Waals surface area (Å²) in [5.74, 6) is 0. The third-order valence-corrected chi connectivity index (χ3v) is 2.89. The molecule has 2 N–H and O–H groups in total. The molecule has 0 rings (SSSR count). The van der Waals surface area contributed by atoms with Gasteiger partial charge >= 0.3 is 0 Å². The summed E-state index contributed by atoms with van der Waals surface area (Å²) in [5, 5.41) is 0. The lowest BCUT2D eigenvalue weighted by Crippen LogP contribution is -2.21. The van der Waals surface area contributed by atoms with Crippen LogP contribution in [0.2, 0.25) is 0 Å². The molecular formula is C13H30N2. The molecule has 0 saturated heterocycles. The minimum Gasteiger partial charge on any atom is -0.330 e. The highest BCUT2D eigenvalue weighted by atomic mass is 15.1. The fourth-order valence-electron chi connectivity index (χ4n) is 1.80. The smallest absolute Gasteiger partial charge is 0.00213 e. The van der Waals surface area contributed by atoms with Gasteiger partial charge in [0, 0.05) is 0 Å². The van der Waals surface area contributed by atoms with E-state index in [1.165, 1.54) is 64.5 Å². The van der Waals surface area contributed by atoms with Crippen LogP contribution in [0.5, 0.6) is 0 Å². The van der Waals surface area contributed by atoms with Crippen molar-refractivity contribution >= 4 is 0 Å². The summed E-state index contributed by atoms with van der Waals surface area (Å²) in [5.41, 5.74) is 5.46. The van der Waals surface area contributed by atoms with Crippen LogP contribution in [0.1, 0.15) is 58.3 Å². The molecule has 0 aromatic carbocycles. The lowest BCUT2D eigenvalue weighted by molar-refractivity contribution is 0.317. The zero-order valence-electron chi connectivity index (χ0n) is 10.8. The van der Waals surface area contributed by atoms with E-state index in [9.17, 15) is 0 Å². The lowest BCUT2D eigenvalue weighted by Gasteiger charge is -2.15. The minimum atomic E-state index is 0.838. The summed E-state index contributed by atoms with van der Waals surface area (Å²) in [6, 6.07) is 0. The van der Waals surface area contributed by atoms with Crippen LogP contribution in [0.25, 0.3) is 0 Å². The number of hydrogen-bond acceptors (Lipinski definition) is 2. The van der Waals surface area contributed by atoms with Crippen LogP contribution >= 0.6 is 0 Å². The molecule has 0 aliphatic carbocycles. The van der Waals surface area contributed by atoms with E-state index in [0.717, 1.165) is 6.54 Å². The number of nitrogens with two attached hydrogens (primary N) is 1. The predicted molar refractivity (Wildman–Crippen MR) is 69.2 cm³/mol. The van der Waals surface area contributed by atoms with Gasteiger partial charge < -0.3 is 10.6 Å². The molecule has 0 spiro atoms. The topological polar surface area (TPSA) is 29.3 Å². The fraction of sp³-hybridized carbons (Fsp3) is 1.00. The van der Waals surface area contributed by atoms with Gasteiger partial charge in [0.1, 0.15) is 0 Å². The van der Waals surface area contributed by atoms with E-state index in [2.05, 4.69) is 18.9 Å². The third kappa shape index (κ3) is 11.8. The number of nitrogens with zero attached hydrogens (tertiary/aromatic N) is 1. The van der Waals surface area contributed by atoms with Crippen LogP contribution in [-0.4, -0.2) is 31.6 Å². The molecular weight excluding hydrogens is 184 g/mol. The first-order valence-electron chi connectivity index (χ1n) is 6.70. The average molecular weight is 214 g/mol. The van der Waals surface area contributed by atoms with Crippen LogP contribution in [0.4, 0.5) is 0 Å². The molecule has 0 heterocycles. The Bertz CT molecular complexity index is 115. The van der Waals surface area contributed by atoms with Crippen LogP contribution in [0, 0.1) is 0 Å². The van der Waals surface area contributed by atoms with Gasteiger partial charge in [0.15, 0.2) is 0 Å². The zero-order chi connectivity index (χ0) is 11.4. The van der Waals surface area contributed by atoms with Gasteiger partial charge in [0.05, 0.1) is 0 Å². The van der Waals surface area contributed by atoms with E-state index < -0.39 is 0 Å². The van der Waals surface area contributed by atoms with Gasteiger partial charge in [-0.15, -0.1) is 0 Å². The lowest BCUT2D eigenvalue weighted by atomic mass is 10.1. The summed E-state index contributed by atoms with van der Waals surface area (Å²) in [6.45, 7) is 5.58. The maximum Gasteiger partial charge on any atom is -0.00213 e. The summed E-state index contributed by atoms with van der Waals surface area (Å²) in [4.78, 5) is 2.44. The normalized spacial score (nSPS) is 11.2. The van der Waals surface area contributed by atoms with Gasteiger partial charge in [-0.1, -0.05) is 39.0 Å². The molecule has 0 aliphatic rings. The highest BCUT2D eigenvalue weighted by Crippen LogP contribution is 2.05. The van der Waals surface area contributed by atoms with Gasteiger partial charge in [0.25, 0.3) is 0 Å². The van der Waals surface area contributed by atoms with Gasteiger partial charge in [-0.2, -0.15) is 0 Å². The zero-order valence-corrected chi connectivity index (χ0v) is 10.8. The summed E-state index contributed by atoms with van der Waals surface area (Å²) in [6.07, 6.45) is 10.8. The van der Waals surface area contributed by atoms with E-state index in [4.69, 9.17) is 5.73 Å². The second kappa shape index (κ2) is 12.0. The van der Waals surface area contributed by atoms with E-state index in [1.54, 1.807) is 0 Å². The average Bonchev–Trinajstić information content (AvgIpc) is 2.23. The molecule has 2 heteroatoms. The second-order valence-electron chi connectivity index (χ2n) is 4.57. The Balaban J connectivity index is 3.06. The number of rotatable bonds is 11. The Labute approximate surface area is 96.2 Å². The van der Waals surface area contributed by atoms with E-state index >= 15 is 0 Å². The van der Waals surface area contributed by atoms with Gasteiger partial charge in [0.2, 0.25) is 0 Å². The Morgan fingerprint density at radius 3 is 1.93 bits per heavy atom. The van der Waals surface area contributed by atoms with Crippen LogP contribution in [0.15, 0.2) is 0 Å². The van der Waals surface area contributed by atoms with Crippen molar-refractivity contribution in [3.8, 4) is 0 Å². The Hall–Kier alpha value is -0.0800. The summed E-state index contributed by atoms with van der Waals surface area (Å²) < 4.78 is 0. The van der Waals surface area contributed by atoms with Crippen LogP contribution < -0.4 is 5.73 Å². The largest absolute Gasteiger partial charge is 0.330 e. The minimum absolute atomic E-state index is 0.838. The van der Waals surface area contributed by atoms with Gasteiger partial charge in [-0.3, -0.25) is 0 Å². The molecule has 92 valence electrons. The first-order chi connectivity index (χ1) is 7.31. The maximum absolute atomic E-state index is 5.46. The Kier molecular flexibility index (Phi) is 11.9. The molecule has 0 atom stereocenters. The van der Waals surface area contributed by atoms with Crippen molar-refractivity contribution in [1.82, 2.24) is 4.90 Å². The molecule has 0 aromatic heterocycles. The van der Waals surface area contributed by atoms with Crippen molar-refractivity contribution in [2.75, 3.05) is 26.7 Å². The predicted octanol–water partition coefficient (Wildman–Crippen LogP) is 3.02. The summed E-state index contributed by atoms with van der Waals surface area (Å²) >= 11 is 0. The molecule has 0 radical (unpaired) electrons. The van der Waals surface area contributed by atoms with Crippen LogP contribution in [0.3, 0.4) is 0 Å². The Morgan fingerprint density at radius 1 is 0.800 bits per heavy atom. The molecule has 0 unspecified atom stereocenters. The first kappa shape index (κ1) is 14.9. The molecule has 0 aromatic rings. The monoisotopic (exact) mass is 214 g/mol. The SMILES string of the molecule is CCCCCCCCN(C)CCCCN. The van der Waals surface area contributed by atoms with Crippen molar-refractivity contribution in [3.05, 3.63) is 0 Å². The Morgan fingerprint density at radius 2 is 1.33 bits per heavy atom. The molecule has 0 aliphatic heterocycles. The van der Waals surface area contributed by atoms with Crippen molar-refractivity contribution < 1.29 is 0 Å². The van der Waals surface area contributed by atoms with E-state index in [0.29, 0.717) is 0 Å². The number of hydrogen-bond donors (Lipinski definition) is 1. The molecule has 2 nitrogen and oxygen atoms in total. The quantitative estimate of drug-likeness (QED) is 0.536. The highest BCUT2D eigenvalue weighted by Gasteiger charge is 1.97. The van der Waals surface area contributed by atoms with Crippen molar-refractivity contribution in [2.24, 2.45) is 5.73 Å². The van der Waals surface area contributed by atoms with Gasteiger partial charge in [-0.05, 0) is 45.9 Å². The molecule has 0 bridgehead atoms. The molecule has 15 heavy (non-hydrogen) atoms. The molecule has 0 fully saturated rings. The standard InChI is InChI=1S/C13H30N2/c1-3-4-5-6-7-9-12-15(2)13-10-8-11-14/h3-14H2,1-2H3. The highest BCUT2D eigenvalue weighted by molar-refractivity contribution is 4.53. The maximum atomic E-state index is 5.46. The molecule has 0 amide bonds. The van der Waals surface area contributed by atoms with E-state index in [-0.39, 0.29) is 0 Å². The first-order valence-corrected chi connectivity index (χ1v) is 6.70. The fourth-order valence-corrected chi connectivity index (χ4v) is 1.80. The summed E-state index contributed by atoms with van der Waals surface area (Å²) in [7, 11) is 2.22. The second-order valence-corrected chi connectivity index (χ2v) is 4.57. The number of unbranched alkanes of at least 4 members (excludes halogenated alkanes) is 6. The van der Waals surface area contributed by atoms with Crippen molar-refractivity contribution in [3.63, 3.8) is 0 Å². The van der Waals surface area contributed by atoms with E-state index in [1.807, 2.05) is 0 Å². The van der Waals surface area contributed by atoms with Crippen molar-refractivity contribution in [1.29, 1.82) is 0 Å².